The van der Waals surface area contributed by atoms with E-state index in [-0.39, 0.29) is 0 Å². The lowest BCUT2D eigenvalue weighted by Crippen LogP contribution is -2.10. The first-order valence-corrected chi connectivity index (χ1v) is 6.12. The zero-order chi connectivity index (χ0) is 13.0. The molecule has 0 aliphatic carbocycles. The average molecular weight is 258 g/mol. The summed E-state index contributed by atoms with van der Waals surface area (Å²) in [5, 5.41) is 0. The minimum Gasteiger partial charge on any atom is -0.455 e. The lowest BCUT2D eigenvalue weighted by atomic mass is 10.2. The minimum atomic E-state index is 0.303. The number of ether oxygens (including phenoxy) is 1. The van der Waals surface area contributed by atoms with E-state index in [2.05, 4.69) is 11.9 Å². The lowest BCUT2D eigenvalue weighted by Gasteiger charge is -2.09. The molecule has 0 saturated heterocycles. The Morgan fingerprint density at radius 2 is 2.00 bits per heavy atom. The van der Waals surface area contributed by atoms with Gasteiger partial charge in [-0.15, -0.1) is 0 Å². The normalized spacial score (nSPS) is 10.1. The van der Waals surface area contributed by atoms with Crippen LogP contribution < -0.4 is 10.5 Å². The molecule has 1 aromatic heterocycles. The van der Waals surface area contributed by atoms with Gasteiger partial charge >= 0.3 is 0 Å². The highest BCUT2D eigenvalue weighted by atomic mass is 32.1. The van der Waals surface area contributed by atoms with Gasteiger partial charge in [-0.1, -0.05) is 31.3 Å². The summed E-state index contributed by atoms with van der Waals surface area (Å²) < 4.78 is 5.74. The van der Waals surface area contributed by atoms with Gasteiger partial charge in [0.25, 0.3) is 0 Å². The molecule has 0 radical (unpaired) electrons. The predicted molar refractivity (Wildman–Crippen MR) is 76.0 cm³/mol. The average Bonchev–Trinajstić information content (AvgIpc) is 2.40. The Hall–Kier alpha value is -1.94. The van der Waals surface area contributed by atoms with E-state index < -0.39 is 0 Å². The highest BCUT2D eigenvalue weighted by molar-refractivity contribution is 7.80. The molecular formula is C14H14N2OS. The van der Waals surface area contributed by atoms with Gasteiger partial charge in [-0.2, -0.15) is 0 Å². The van der Waals surface area contributed by atoms with E-state index in [4.69, 9.17) is 22.7 Å². The van der Waals surface area contributed by atoms with Gasteiger partial charge in [-0.05, 0) is 30.2 Å². The van der Waals surface area contributed by atoms with E-state index in [1.807, 2.05) is 24.3 Å². The number of aryl methyl sites for hydroxylation is 1. The first-order chi connectivity index (χ1) is 8.70. The van der Waals surface area contributed by atoms with Crippen molar-refractivity contribution >= 4 is 17.2 Å². The number of nitrogens with two attached hydrogens (primary N) is 1. The second kappa shape index (κ2) is 5.60. The van der Waals surface area contributed by atoms with Crippen molar-refractivity contribution < 1.29 is 4.74 Å². The van der Waals surface area contributed by atoms with Crippen LogP contribution in [0.2, 0.25) is 0 Å². The molecule has 3 nitrogen and oxygen atoms in total. The lowest BCUT2D eigenvalue weighted by molar-refractivity contribution is 0.479. The van der Waals surface area contributed by atoms with Crippen molar-refractivity contribution in [1.29, 1.82) is 0 Å². The third kappa shape index (κ3) is 2.84. The Morgan fingerprint density at radius 3 is 2.61 bits per heavy atom. The Labute approximate surface area is 112 Å². The van der Waals surface area contributed by atoms with Crippen molar-refractivity contribution in [3.05, 3.63) is 53.9 Å². The van der Waals surface area contributed by atoms with E-state index >= 15 is 0 Å². The Morgan fingerprint density at radius 1 is 1.28 bits per heavy atom. The van der Waals surface area contributed by atoms with E-state index in [9.17, 15) is 0 Å². The fourth-order valence-corrected chi connectivity index (χ4v) is 1.75. The first kappa shape index (κ1) is 12.5. The maximum absolute atomic E-state index is 5.74. The molecule has 18 heavy (non-hydrogen) atoms. The summed E-state index contributed by atoms with van der Waals surface area (Å²) in [4.78, 5) is 4.32. The largest absolute Gasteiger partial charge is 0.455 e. The van der Waals surface area contributed by atoms with Gasteiger partial charge in [0.05, 0.1) is 11.8 Å². The molecule has 2 N–H and O–H groups in total. The predicted octanol–water partition coefficient (Wildman–Crippen LogP) is 3.07. The fraction of sp³-hybridized carbons (Fsp3) is 0.143. The van der Waals surface area contributed by atoms with Gasteiger partial charge in [0, 0.05) is 6.20 Å². The maximum atomic E-state index is 5.74. The Balaban J connectivity index is 2.25. The van der Waals surface area contributed by atoms with Crippen LogP contribution in [0.25, 0.3) is 0 Å². The van der Waals surface area contributed by atoms with Gasteiger partial charge in [-0.25, -0.2) is 0 Å². The summed E-state index contributed by atoms with van der Waals surface area (Å²) in [5.74, 6) is 1.33. The van der Waals surface area contributed by atoms with Gasteiger partial charge in [0.2, 0.25) is 0 Å². The SMILES string of the molecule is CCc1ccc(Oc2cnccc2C(N)=S)cc1. The number of hydrogen-bond acceptors (Lipinski definition) is 3. The molecule has 1 heterocycles. The van der Waals surface area contributed by atoms with Crippen molar-refractivity contribution in [2.45, 2.75) is 13.3 Å². The number of hydrogen-bond donors (Lipinski definition) is 1. The van der Waals surface area contributed by atoms with Crippen LogP contribution in [0, 0.1) is 0 Å². The summed E-state index contributed by atoms with van der Waals surface area (Å²) in [6, 6.07) is 9.67. The van der Waals surface area contributed by atoms with Crippen LogP contribution in [0.3, 0.4) is 0 Å². The molecule has 0 aliphatic heterocycles. The van der Waals surface area contributed by atoms with E-state index in [1.165, 1.54) is 5.56 Å². The van der Waals surface area contributed by atoms with Crippen LogP contribution in [0.15, 0.2) is 42.7 Å². The van der Waals surface area contributed by atoms with Crippen LogP contribution >= 0.6 is 12.2 Å². The highest BCUT2D eigenvalue weighted by Gasteiger charge is 2.07. The van der Waals surface area contributed by atoms with Gasteiger partial charge < -0.3 is 10.5 Å². The standard InChI is InChI=1S/C14H14N2OS/c1-2-10-3-5-11(6-4-10)17-13-9-16-8-7-12(13)14(15)18/h3-9H,2H2,1H3,(H2,15,18). The smallest absolute Gasteiger partial charge is 0.155 e. The zero-order valence-corrected chi connectivity index (χ0v) is 10.9. The van der Waals surface area contributed by atoms with E-state index in [0.29, 0.717) is 16.3 Å². The molecule has 0 saturated carbocycles. The number of aromatic nitrogens is 1. The van der Waals surface area contributed by atoms with Gasteiger partial charge in [0.1, 0.15) is 10.7 Å². The molecule has 0 atom stereocenters. The van der Waals surface area contributed by atoms with Crippen molar-refractivity contribution in [3.8, 4) is 11.5 Å². The number of rotatable bonds is 4. The monoisotopic (exact) mass is 258 g/mol. The van der Waals surface area contributed by atoms with Gasteiger partial charge in [0.15, 0.2) is 5.75 Å². The molecule has 0 aliphatic rings. The summed E-state index contributed by atoms with van der Waals surface area (Å²) in [6.45, 7) is 2.11. The number of thiocarbonyl (C=S) groups is 1. The van der Waals surface area contributed by atoms with Crippen LogP contribution in [-0.2, 0) is 6.42 Å². The number of pyridine rings is 1. The Bertz CT molecular complexity index is 552. The molecule has 2 rings (SSSR count). The molecule has 0 fully saturated rings. The molecule has 0 unspecified atom stereocenters. The quantitative estimate of drug-likeness (QED) is 0.856. The second-order valence-corrected chi connectivity index (χ2v) is 4.28. The third-order valence-corrected chi connectivity index (χ3v) is 2.83. The Kier molecular flexibility index (Phi) is 3.89. The highest BCUT2D eigenvalue weighted by Crippen LogP contribution is 2.24. The molecule has 2 aromatic rings. The second-order valence-electron chi connectivity index (χ2n) is 3.84. The summed E-state index contributed by atoms with van der Waals surface area (Å²) in [7, 11) is 0. The van der Waals surface area contributed by atoms with Crippen LogP contribution in [0.1, 0.15) is 18.1 Å². The molecule has 92 valence electrons. The van der Waals surface area contributed by atoms with Gasteiger partial charge in [-0.3, -0.25) is 4.98 Å². The summed E-state index contributed by atoms with van der Waals surface area (Å²) in [5.41, 5.74) is 7.60. The van der Waals surface area contributed by atoms with Crippen LogP contribution in [-0.4, -0.2) is 9.97 Å². The maximum Gasteiger partial charge on any atom is 0.155 e. The number of nitrogens with zero attached hydrogens (tertiary/aromatic N) is 1. The number of benzene rings is 1. The molecule has 0 spiro atoms. The molecule has 1 aromatic carbocycles. The zero-order valence-electron chi connectivity index (χ0n) is 10.1. The van der Waals surface area contributed by atoms with E-state index in [1.54, 1.807) is 18.5 Å². The van der Waals surface area contributed by atoms with Crippen molar-refractivity contribution in [2.24, 2.45) is 5.73 Å². The van der Waals surface area contributed by atoms with Crippen molar-refractivity contribution in [3.63, 3.8) is 0 Å². The molecule has 0 bridgehead atoms. The molecule has 0 amide bonds. The third-order valence-electron chi connectivity index (χ3n) is 2.61. The fourth-order valence-electron chi connectivity index (χ4n) is 1.59. The molecule has 4 heteroatoms. The van der Waals surface area contributed by atoms with Crippen LogP contribution in [0.5, 0.6) is 11.5 Å². The topological polar surface area (TPSA) is 48.1 Å². The minimum absolute atomic E-state index is 0.303. The van der Waals surface area contributed by atoms with E-state index in [0.717, 1.165) is 12.2 Å². The van der Waals surface area contributed by atoms with Crippen molar-refractivity contribution in [1.82, 2.24) is 4.98 Å². The summed E-state index contributed by atoms with van der Waals surface area (Å²) in [6.07, 6.45) is 4.26. The molecular weight excluding hydrogens is 244 g/mol. The first-order valence-electron chi connectivity index (χ1n) is 5.71. The van der Waals surface area contributed by atoms with Crippen molar-refractivity contribution in [2.75, 3.05) is 0 Å². The summed E-state index contributed by atoms with van der Waals surface area (Å²) >= 11 is 4.98. The van der Waals surface area contributed by atoms with Crippen LogP contribution in [0.4, 0.5) is 0 Å².